The second-order valence-corrected chi connectivity index (χ2v) is 6.90. The summed E-state index contributed by atoms with van der Waals surface area (Å²) in [6.45, 7) is 1.21. The summed E-state index contributed by atoms with van der Waals surface area (Å²) in [6, 6.07) is 15.2. The molecule has 6 nitrogen and oxygen atoms in total. The first-order chi connectivity index (χ1) is 14.3. The number of fused-ring (bicyclic) bond motifs is 2. The fourth-order valence-corrected chi connectivity index (χ4v) is 3.53. The Labute approximate surface area is 167 Å². The number of benzene rings is 1. The van der Waals surface area contributed by atoms with E-state index in [0.29, 0.717) is 30.2 Å². The van der Waals surface area contributed by atoms with Crippen LogP contribution in [0.15, 0.2) is 67.1 Å². The number of ether oxygens (including phenoxy) is 1. The molecule has 142 valence electrons. The van der Waals surface area contributed by atoms with Gasteiger partial charge in [-0.1, -0.05) is 18.2 Å². The fourth-order valence-electron chi connectivity index (χ4n) is 3.53. The Bertz CT molecular complexity index is 1210. The van der Waals surface area contributed by atoms with Crippen molar-refractivity contribution < 1.29 is 9.53 Å². The number of nitrogens with one attached hydrogen (secondary N) is 1. The van der Waals surface area contributed by atoms with Gasteiger partial charge in [-0.2, -0.15) is 0 Å². The van der Waals surface area contributed by atoms with E-state index in [4.69, 9.17) is 9.72 Å². The standard InChI is InChI=1S/C23H18N4O2/c28-23(26-17-10-16-14-29-9-7-20(16)25-13-17)19-11-22(15-4-3-8-24-12-15)27-21-6-2-1-5-18(19)21/h1-6,8,10-13H,7,9,14H2,(H,26,28). The first kappa shape index (κ1) is 17.5. The second-order valence-electron chi connectivity index (χ2n) is 6.90. The third-order valence-corrected chi connectivity index (χ3v) is 4.98. The Morgan fingerprint density at radius 3 is 2.90 bits per heavy atom. The highest BCUT2D eigenvalue weighted by Gasteiger charge is 2.16. The molecule has 0 fully saturated rings. The van der Waals surface area contributed by atoms with Crippen LogP contribution in [0, 0.1) is 0 Å². The molecule has 0 spiro atoms. The summed E-state index contributed by atoms with van der Waals surface area (Å²) in [5.41, 5.74) is 5.59. The van der Waals surface area contributed by atoms with Crippen LogP contribution >= 0.6 is 0 Å². The van der Waals surface area contributed by atoms with Gasteiger partial charge in [0.25, 0.3) is 5.91 Å². The van der Waals surface area contributed by atoms with Crippen molar-refractivity contribution in [3.05, 3.63) is 83.9 Å². The highest BCUT2D eigenvalue weighted by atomic mass is 16.5. The first-order valence-electron chi connectivity index (χ1n) is 9.45. The average Bonchev–Trinajstić information content (AvgIpc) is 2.79. The summed E-state index contributed by atoms with van der Waals surface area (Å²) in [7, 11) is 0. The maximum absolute atomic E-state index is 13.2. The molecule has 4 aromatic rings. The summed E-state index contributed by atoms with van der Waals surface area (Å²) in [4.78, 5) is 26.5. The minimum absolute atomic E-state index is 0.202. The molecule has 0 bridgehead atoms. The number of hydrogen-bond acceptors (Lipinski definition) is 5. The summed E-state index contributed by atoms with van der Waals surface area (Å²) < 4.78 is 5.50. The number of nitrogens with zero attached hydrogens (tertiary/aromatic N) is 3. The Morgan fingerprint density at radius 1 is 1.07 bits per heavy atom. The SMILES string of the molecule is O=C(Nc1cnc2c(c1)COCC2)c1cc(-c2cccnc2)nc2ccccc12. The molecule has 0 unspecified atom stereocenters. The Kier molecular flexibility index (Phi) is 4.46. The van der Waals surface area contributed by atoms with Crippen LogP contribution in [-0.2, 0) is 17.8 Å². The van der Waals surface area contributed by atoms with Crippen molar-refractivity contribution in [3.63, 3.8) is 0 Å². The van der Waals surface area contributed by atoms with Crippen LogP contribution < -0.4 is 5.32 Å². The number of hydrogen-bond donors (Lipinski definition) is 1. The number of rotatable bonds is 3. The fraction of sp³-hybridized carbons (Fsp3) is 0.130. The van der Waals surface area contributed by atoms with Crippen LogP contribution in [0.4, 0.5) is 5.69 Å². The largest absolute Gasteiger partial charge is 0.376 e. The lowest BCUT2D eigenvalue weighted by atomic mass is 10.0. The maximum Gasteiger partial charge on any atom is 0.256 e. The van der Waals surface area contributed by atoms with E-state index in [2.05, 4.69) is 15.3 Å². The number of para-hydroxylation sites is 1. The zero-order valence-corrected chi connectivity index (χ0v) is 15.6. The quantitative estimate of drug-likeness (QED) is 0.579. The lowest BCUT2D eigenvalue weighted by molar-refractivity contribution is 0.102. The van der Waals surface area contributed by atoms with Crippen molar-refractivity contribution in [2.75, 3.05) is 11.9 Å². The van der Waals surface area contributed by atoms with Gasteiger partial charge in [0.15, 0.2) is 0 Å². The van der Waals surface area contributed by atoms with E-state index in [0.717, 1.165) is 34.1 Å². The second kappa shape index (κ2) is 7.41. The molecule has 3 aromatic heterocycles. The predicted octanol–water partition coefficient (Wildman–Crippen LogP) is 4.02. The number of anilines is 1. The molecule has 1 N–H and O–H groups in total. The Balaban J connectivity index is 1.54. The van der Waals surface area contributed by atoms with Crippen molar-refractivity contribution in [2.24, 2.45) is 0 Å². The minimum Gasteiger partial charge on any atom is -0.376 e. The summed E-state index contributed by atoms with van der Waals surface area (Å²) >= 11 is 0. The molecule has 0 radical (unpaired) electrons. The molecule has 5 rings (SSSR count). The smallest absolute Gasteiger partial charge is 0.256 e. The normalized spacial score (nSPS) is 13.1. The van der Waals surface area contributed by atoms with Gasteiger partial charge in [-0.05, 0) is 30.3 Å². The van der Waals surface area contributed by atoms with Gasteiger partial charge in [0.05, 0.1) is 41.9 Å². The van der Waals surface area contributed by atoms with Crippen molar-refractivity contribution in [1.82, 2.24) is 15.0 Å². The van der Waals surface area contributed by atoms with Gasteiger partial charge in [-0.15, -0.1) is 0 Å². The van der Waals surface area contributed by atoms with Crippen molar-refractivity contribution in [2.45, 2.75) is 13.0 Å². The molecule has 1 aliphatic heterocycles. The van der Waals surface area contributed by atoms with E-state index in [9.17, 15) is 4.79 Å². The highest BCUT2D eigenvalue weighted by molar-refractivity contribution is 6.13. The summed E-state index contributed by atoms with van der Waals surface area (Å²) in [6.07, 6.45) is 5.96. The van der Waals surface area contributed by atoms with E-state index < -0.39 is 0 Å². The number of carbonyl (C=O) groups excluding carboxylic acids is 1. The number of carbonyl (C=O) groups is 1. The van der Waals surface area contributed by atoms with Gasteiger partial charge in [0.2, 0.25) is 0 Å². The molecule has 0 saturated carbocycles. The third kappa shape index (κ3) is 3.46. The zero-order valence-electron chi connectivity index (χ0n) is 15.6. The molecule has 6 heteroatoms. The lowest BCUT2D eigenvalue weighted by Crippen LogP contribution is -2.16. The van der Waals surface area contributed by atoms with Crippen LogP contribution in [0.2, 0.25) is 0 Å². The van der Waals surface area contributed by atoms with Crippen LogP contribution in [0.25, 0.3) is 22.2 Å². The van der Waals surface area contributed by atoms with Gasteiger partial charge in [0, 0.05) is 41.0 Å². The molecule has 0 aliphatic carbocycles. The minimum atomic E-state index is -0.202. The number of aromatic nitrogens is 3. The van der Waals surface area contributed by atoms with Gasteiger partial charge >= 0.3 is 0 Å². The third-order valence-electron chi connectivity index (χ3n) is 4.98. The van der Waals surface area contributed by atoms with E-state index in [-0.39, 0.29) is 5.91 Å². The van der Waals surface area contributed by atoms with Crippen LogP contribution in [0.5, 0.6) is 0 Å². The van der Waals surface area contributed by atoms with Gasteiger partial charge in [0.1, 0.15) is 0 Å². The van der Waals surface area contributed by atoms with Crippen LogP contribution in [-0.4, -0.2) is 27.5 Å². The van der Waals surface area contributed by atoms with E-state index >= 15 is 0 Å². The van der Waals surface area contributed by atoms with Gasteiger partial charge in [-0.25, -0.2) is 4.98 Å². The average molecular weight is 382 g/mol. The molecular formula is C23H18N4O2. The summed E-state index contributed by atoms with van der Waals surface area (Å²) in [5, 5.41) is 3.78. The Hall–Kier alpha value is -3.64. The monoisotopic (exact) mass is 382 g/mol. The van der Waals surface area contributed by atoms with Crippen molar-refractivity contribution in [3.8, 4) is 11.3 Å². The number of pyridine rings is 3. The molecule has 1 aromatic carbocycles. The predicted molar refractivity (Wildman–Crippen MR) is 111 cm³/mol. The Morgan fingerprint density at radius 2 is 2.00 bits per heavy atom. The zero-order chi connectivity index (χ0) is 19.6. The molecule has 29 heavy (non-hydrogen) atoms. The lowest BCUT2D eigenvalue weighted by Gasteiger charge is -2.16. The molecule has 1 aliphatic rings. The van der Waals surface area contributed by atoms with E-state index in [1.807, 2.05) is 48.5 Å². The van der Waals surface area contributed by atoms with Crippen molar-refractivity contribution >= 4 is 22.5 Å². The highest BCUT2D eigenvalue weighted by Crippen LogP contribution is 2.26. The van der Waals surface area contributed by atoms with Gasteiger partial charge in [-0.3, -0.25) is 14.8 Å². The first-order valence-corrected chi connectivity index (χ1v) is 9.45. The van der Waals surface area contributed by atoms with Crippen LogP contribution in [0.3, 0.4) is 0 Å². The molecular weight excluding hydrogens is 364 g/mol. The number of amides is 1. The van der Waals surface area contributed by atoms with Crippen LogP contribution in [0.1, 0.15) is 21.6 Å². The molecule has 0 atom stereocenters. The van der Waals surface area contributed by atoms with E-state index in [1.165, 1.54) is 0 Å². The van der Waals surface area contributed by atoms with Gasteiger partial charge < -0.3 is 10.1 Å². The topological polar surface area (TPSA) is 77.0 Å². The summed E-state index contributed by atoms with van der Waals surface area (Å²) in [5.74, 6) is -0.202. The molecule has 1 amide bonds. The maximum atomic E-state index is 13.2. The van der Waals surface area contributed by atoms with Crippen molar-refractivity contribution in [1.29, 1.82) is 0 Å². The van der Waals surface area contributed by atoms with E-state index in [1.54, 1.807) is 18.6 Å². The molecule has 4 heterocycles. The molecule has 0 saturated heterocycles.